The highest BCUT2D eigenvalue weighted by molar-refractivity contribution is 7.98. The van der Waals surface area contributed by atoms with Crippen LogP contribution >= 0.6 is 11.8 Å². The summed E-state index contributed by atoms with van der Waals surface area (Å²) < 4.78 is 0. The molecule has 2 fully saturated rings. The van der Waals surface area contributed by atoms with Gasteiger partial charge in [-0.2, -0.15) is 11.8 Å². The van der Waals surface area contributed by atoms with Gasteiger partial charge in [-0.1, -0.05) is 0 Å². The summed E-state index contributed by atoms with van der Waals surface area (Å²) in [5, 5.41) is 3.61. The number of carbonyl (C=O) groups excluding carboxylic acids is 1. The molecule has 98 valence electrons. The van der Waals surface area contributed by atoms with Gasteiger partial charge in [0.1, 0.15) is 0 Å². The molecule has 1 aliphatic carbocycles. The van der Waals surface area contributed by atoms with Crippen molar-refractivity contribution >= 4 is 17.7 Å². The quantitative estimate of drug-likeness (QED) is 0.735. The van der Waals surface area contributed by atoms with Crippen LogP contribution in [0, 0.1) is 5.92 Å². The van der Waals surface area contributed by atoms with Crippen molar-refractivity contribution < 1.29 is 4.79 Å². The molecule has 0 unspecified atom stereocenters. The molecule has 0 aromatic heterocycles. The van der Waals surface area contributed by atoms with E-state index in [0.717, 1.165) is 45.3 Å². The van der Waals surface area contributed by atoms with Crippen molar-refractivity contribution in [2.75, 3.05) is 31.6 Å². The maximum atomic E-state index is 11.9. The van der Waals surface area contributed by atoms with Crippen LogP contribution < -0.4 is 5.32 Å². The maximum Gasteiger partial charge on any atom is 0.225 e. The monoisotopic (exact) mass is 256 g/mol. The number of likely N-dealkylation sites (tertiary alicyclic amines) is 1. The zero-order valence-corrected chi connectivity index (χ0v) is 11.6. The number of hydrogen-bond donors (Lipinski definition) is 1. The van der Waals surface area contributed by atoms with Gasteiger partial charge in [-0.15, -0.1) is 0 Å². The van der Waals surface area contributed by atoms with E-state index in [-0.39, 0.29) is 0 Å². The third-order valence-electron chi connectivity index (χ3n) is 3.69. The molecule has 0 bridgehead atoms. The number of amides is 1. The molecule has 0 radical (unpaired) electrons. The van der Waals surface area contributed by atoms with Gasteiger partial charge in [-0.25, -0.2) is 0 Å². The predicted octanol–water partition coefficient (Wildman–Crippen LogP) is 1.73. The summed E-state index contributed by atoms with van der Waals surface area (Å²) in [7, 11) is 0. The van der Waals surface area contributed by atoms with Gasteiger partial charge in [0.05, 0.1) is 0 Å². The van der Waals surface area contributed by atoms with Crippen molar-refractivity contribution in [2.24, 2.45) is 5.92 Å². The van der Waals surface area contributed by atoms with Crippen LogP contribution in [-0.2, 0) is 4.79 Å². The molecule has 1 N–H and O–H groups in total. The van der Waals surface area contributed by atoms with E-state index in [9.17, 15) is 4.79 Å². The van der Waals surface area contributed by atoms with Crippen molar-refractivity contribution in [3.63, 3.8) is 0 Å². The van der Waals surface area contributed by atoms with Crippen LogP contribution in [0.1, 0.15) is 32.1 Å². The first-order valence-electron chi connectivity index (χ1n) is 6.82. The molecule has 1 heterocycles. The summed E-state index contributed by atoms with van der Waals surface area (Å²) in [6, 6.07) is 0.639. The molecule has 2 aliphatic rings. The first-order chi connectivity index (χ1) is 8.31. The number of hydrogen-bond acceptors (Lipinski definition) is 3. The Balaban J connectivity index is 1.58. The Morgan fingerprint density at radius 3 is 2.59 bits per heavy atom. The Kier molecular flexibility index (Phi) is 5.16. The van der Waals surface area contributed by atoms with Crippen LogP contribution in [-0.4, -0.2) is 48.5 Å². The van der Waals surface area contributed by atoms with Gasteiger partial charge in [0.15, 0.2) is 0 Å². The molecule has 1 amide bonds. The molecule has 0 spiro atoms. The lowest BCUT2D eigenvalue weighted by atomic mass is 10.0. The number of thioether (sulfide) groups is 1. The van der Waals surface area contributed by atoms with Crippen LogP contribution in [0.2, 0.25) is 0 Å². The van der Waals surface area contributed by atoms with Gasteiger partial charge in [0, 0.05) is 25.0 Å². The van der Waals surface area contributed by atoms with Gasteiger partial charge >= 0.3 is 0 Å². The SMILES string of the molecule is CSCCCNC1CCN(C(=O)C2CC2)CC1. The van der Waals surface area contributed by atoms with Crippen LogP contribution in [0.5, 0.6) is 0 Å². The molecule has 0 aromatic carbocycles. The zero-order valence-electron chi connectivity index (χ0n) is 10.8. The zero-order chi connectivity index (χ0) is 12.1. The van der Waals surface area contributed by atoms with Crippen molar-refractivity contribution in [2.45, 2.75) is 38.1 Å². The Morgan fingerprint density at radius 1 is 1.29 bits per heavy atom. The average molecular weight is 256 g/mol. The van der Waals surface area contributed by atoms with Crippen molar-refractivity contribution in [3.8, 4) is 0 Å². The summed E-state index contributed by atoms with van der Waals surface area (Å²) in [6.07, 6.45) is 7.94. The minimum absolute atomic E-state index is 0.390. The summed E-state index contributed by atoms with van der Waals surface area (Å²) in [5.41, 5.74) is 0. The van der Waals surface area contributed by atoms with E-state index in [4.69, 9.17) is 0 Å². The van der Waals surface area contributed by atoms with E-state index >= 15 is 0 Å². The van der Waals surface area contributed by atoms with Gasteiger partial charge < -0.3 is 10.2 Å². The lowest BCUT2D eigenvalue weighted by Gasteiger charge is -2.32. The summed E-state index contributed by atoms with van der Waals surface area (Å²) in [5.74, 6) is 2.05. The highest BCUT2D eigenvalue weighted by atomic mass is 32.2. The normalized spacial score (nSPS) is 21.8. The topological polar surface area (TPSA) is 32.3 Å². The Hall–Kier alpha value is -0.220. The molecule has 1 saturated carbocycles. The molecule has 0 aromatic rings. The maximum absolute atomic E-state index is 11.9. The second kappa shape index (κ2) is 6.64. The van der Waals surface area contributed by atoms with E-state index in [1.54, 1.807) is 0 Å². The minimum atomic E-state index is 0.390. The Labute approximate surface area is 109 Å². The second-order valence-corrected chi connectivity index (χ2v) is 6.16. The minimum Gasteiger partial charge on any atom is -0.342 e. The molecule has 0 atom stereocenters. The highest BCUT2D eigenvalue weighted by Gasteiger charge is 2.34. The fraction of sp³-hybridized carbons (Fsp3) is 0.923. The van der Waals surface area contributed by atoms with E-state index in [2.05, 4.69) is 16.5 Å². The fourth-order valence-electron chi connectivity index (χ4n) is 2.42. The van der Waals surface area contributed by atoms with Gasteiger partial charge in [-0.05, 0) is 50.7 Å². The smallest absolute Gasteiger partial charge is 0.225 e. The van der Waals surface area contributed by atoms with E-state index in [1.165, 1.54) is 12.2 Å². The first kappa shape index (κ1) is 13.2. The number of piperidine rings is 1. The molecular weight excluding hydrogens is 232 g/mol. The number of carbonyl (C=O) groups is 1. The van der Waals surface area contributed by atoms with Crippen molar-refractivity contribution in [1.82, 2.24) is 10.2 Å². The molecule has 3 nitrogen and oxygen atoms in total. The van der Waals surface area contributed by atoms with E-state index in [0.29, 0.717) is 17.9 Å². The van der Waals surface area contributed by atoms with Gasteiger partial charge in [-0.3, -0.25) is 4.79 Å². The number of nitrogens with zero attached hydrogens (tertiary/aromatic N) is 1. The average Bonchev–Trinajstić information content (AvgIpc) is 3.19. The molecule has 2 rings (SSSR count). The molecule has 1 saturated heterocycles. The largest absolute Gasteiger partial charge is 0.342 e. The summed E-state index contributed by atoms with van der Waals surface area (Å²) >= 11 is 1.91. The fourth-order valence-corrected chi connectivity index (χ4v) is 2.85. The van der Waals surface area contributed by atoms with Crippen LogP contribution in [0.25, 0.3) is 0 Å². The van der Waals surface area contributed by atoms with Gasteiger partial charge in [0.25, 0.3) is 0 Å². The third-order valence-corrected chi connectivity index (χ3v) is 4.39. The van der Waals surface area contributed by atoms with Crippen LogP contribution in [0.4, 0.5) is 0 Å². The number of rotatable bonds is 6. The standard InChI is InChI=1S/C13H24N2OS/c1-17-10-2-7-14-12-5-8-15(9-6-12)13(16)11-3-4-11/h11-12,14H,2-10H2,1H3. The molecule has 17 heavy (non-hydrogen) atoms. The van der Waals surface area contributed by atoms with Crippen molar-refractivity contribution in [1.29, 1.82) is 0 Å². The molecule has 1 aliphatic heterocycles. The number of nitrogens with one attached hydrogen (secondary N) is 1. The van der Waals surface area contributed by atoms with Gasteiger partial charge in [0.2, 0.25) is 5.91 Å². The first-order valence-corrected chi connectivity index (χ1v) is 8.21. The second-order valence-electron chi connectivity index (χ2n) is 5.17. The lowest BCUT2D eigenvalue weighted by Crippen LogP contribution is -2.45. The Bertz CT molecular complexity index is 248. The van der Waals surface area contributed by atoms with E-state index in [1.807, 2.05) is 11.8 Å². The Morgan fingerprint density at radius 2 is 2.00 bits per heavy atom. The third kappa shape index (κ3) is 4.18. The summed E-state index contributed by atoms with van der Waals surface area (Å²) in [6.45, 7) is 3.06. The molecule has 4 heteroatoms. The van der Waals surface area contributed by atoms with Crippen LogP contribution in [0.15, 0.2) is 0 Å². The van der Waals surface area contributed by atoms with Crippen LogP contribution in [0.3, 0.4) is 0 Å². The lowest BCUT2D eigenvalue weighted by molar-refractivity contribution is -0.133. The van der Waals surface area contributed by atoms with Crippen molar-refractivity contribution in [3.05, 3.63) is 0 Å². The highest BCUT2D eigenvalue weighted by Crippen LogP contribution is 2.31. The summed E-state index contributed by atoms with van der Waals surface area (Å²) in [4.78, 5) is 14.0. The van der Waals surface area contributed by atoms with E-state index < -0.39 is 0 Å². The predicted molar refractivity (Wildman–Crippen MR) is 73.3 cm³/mol. The molecular formula is C13H24N2OS.